The zero-order chi connectivity index (χ0) is 14.1. The van der Waals surface area contributed by atoms with Gasteiger partial charge in [-0.25, -0.2) is 4.98 Å². The maximum atomic E-state index is 9.66. The van der Waals surface area contributed by atoms with E-state index < -0.39 is 0 Å². The van der Waals surface area contributed by atoms with Gasteiger partial charge in [0.25, 0.3) is 0 Å². The Hall–Kier alpha value is -1.59. The van der Waals surface area contributed by atoms with Crippen molar-refractivity contribution in [3.05, 3.63) is 30.1 Å². The van der Waals surface area contributed by atoms with Gasteiger partial charge in [-0.15, -0.1) is 0 Å². The first-order valence-corrected chi connectivity index (χ1v) is 7.15. The predicted molar refractivity (Wildman–Crippen MR) is 80.0 cm³/mol. The van der Waals surface area contributed by atoms with Crippen LogP contribution in [0.2, 0.25) is 0 Å². The molecule has 1 aliphatic rings. The fourth-order valence-electron chi connectivity index (χ4n) is 3.14. The Labute approximate surface area is 119 Å². The molecule has 0 radical (unpaired) electrons. The molecule has 5 nitrogen and oxygen atoms in total. The summed E-state index contributed by atoms with van der Waals surface area (Å²) in [5.74, 6) is 1.58. The zero-order valence-corrected chi connectivity index (χ0v) is 12.2. The number of aromatic nitrogens is 2. The van der Waals surface area contributed by atoms with Crippen molar-refractivity contribution in [3.8, 4) is 0 Å². The zero-order valence-electron chi connectivity index (χ0n) is 12.2. The third kappa shape index (κ3) is 2.39. The molecule has 0 saturated carbocycles. The molecular weight excluding hydrogens is 252 g/mol. The average Bonchev–Trinajstić information content (AvgIpc) is 3.01. The van der Waals surface area contributed by atoms with Crippen LogP contribution in [-0.2, 0) is 6.61 Å². The number of pyridine rings is 1. The summed E-state index contributed by atoms with van der Waals surface area (Å²) >= 11 is 0. The third-order valence-corrected chi connectivity index (χ3v) is 4.14. The molecule has 5 heteroatoms. The largest absolute Gasteiger partial charge is 0.390 e. The van der Waals surface area contributed by atoms with Crippen LogP contribution in [0.5, 0.6) is 0 Å². The number of rotatable bonds is 4. The van der Waals surface area contributed by atoms with Gasteiger partial charge in [0.2, 0.25) is 0 Å². The van der Waals surface area contributed by atoms with E-state index in [0.717, 1.165) is 30.2 Å². The van der Waals surface area contributed by atoms with Gasteiger partial charge in [-0.3, -0.25) is 4.40 Å². The van der Waals surface area contributed by atoms with E-state index in [1.165, 1.54) is 13.0 Å². The minimum atomic E-state index is 0.00935. The van der Waals surface area contributed by atoms with Crippen molar-refractivity contribution in [1.29, 1.82) is 0 Å². The second-order valence-electron chi connectivity index (χ2n) is 5.77. The minimum Gasteiger partial charge on any atom is -0.390 e. The van der Waals surface area contributed by atoms with E-state index in [1.54, 1.807) is 0 Å². The van der Waals surface area contributed by atoms with Gasteiger partial charge in [-0.1, -0.05) is 6.07 Å². The Bertz CT molecular complexity index is 595. The Morgan fingerprint density at radius 3 is 3.00 bits per heavy atom. The number of aliphatic hydroxyl groups excluding tert-OH is 1. The summed E-state index contributed by atoms with van der Waals surface area (Å²) in [4.78, 5) is 9.21. The van der Waals surface area contributed by atoms with Crippen molar-refractivity contribution in [2.24, 2.45) is 5.92 Å². The summed E-state index contributed by atoms with van der Waals surface area (Å²) in [7, 11) is 4.24. The molecule has 3 heterocycles. The molecule has 108 valence electrons. The van der Waals surface area contributed by atoms with Crippen LogP contribution in [0.3, 0.4) is 0 Å². The summed E-state index contributed by atoms with van der Waals surface area (Å²) in [6.07, 6.45) is 3.19. The summed E-state index contributed by atoms with van der Waals surface area (Å²) < 4.78 is 1.96. The molecule has 0 bridgehead atoms. The summed E-state index contributed by atoms with van der Waals surface area (Å²) in [6, 6.07) is 5.91. The molecule has 0 aromatic carbocycles. The van der Waals surface area contributed by atoms with Gasteiger partial charge in [0.05, 0.1) is 12.3 Å². The molecule has 1 atom stereocenters. The standard InChI is InChI=1S/C15H22N4O/c1-17-8-6-12(9-17)10-18(2)15-13(11-20)19-7-4-3-5-14(19)16-15/h3-5,7,12,20H,6,8-11H2,1-2H3. The third-order valence-electron chi connectivity index (χ3n) is 4.14. The van der Waals surface area contributed by atoms with Crippen LogP contribution < -0.4 is 4.90 Å². The van der Waals surface area contributed by atoms with Gasteiger partial charge in [0.1, 0.15) is 5.65 Å². The molecule has 1 unspecified atom stereocenters. The molecule has 1 fully saturated rings. The van der Waals surface area contributed by atoms with Crippen molar-refractivity contribution in [2.45, 2.75) is 13.0 Å². The molecule has 1 N–H and O–H groups in total. The Balaban J connectivity index is 1.85. The Morgan fingerprint density at radius 1 is 1.45 bits per heavy atom. The number of likely N-dealkylation sites (tertiary alicyclic amines) is 1. The Morgan fingerprint density at radius 2 is 2.30 bits per heavy atom. The number of nitrogens with zero attached hydrogens (tertiary/aromatic N) is 4. The van der Waals surface area contributed by atoms with Gasteiger partial charge >= 0.3 is 0 Å². The van der Waals surface area contributed by atoms with E-state index in [1.807, 2.05) is 28.8 Å². The number of imidazole rings is 1. The van der Waals surface area contributed by atoms with Gasteiger partial charge < -0.3 is 14.9 Å². The summed E-state index contributed by atoms with van der Waals surface area (Å²) in [5, 5.41) is 9.66. The number of fused-ring (bicyclic) bond motifs is 1. The maximum Gasteiger partial charge on any atom is 0.153 e. The highest BCUT2D eigenvalue weighted by Crippen LogP contribution is 2.23. The summed E-state index contributed by atoms with van der Waals surface area (Å²) in [6.45, 7) is 3.32. The van der Waals surface area contributed by atoms with Crippen LogP contribution in [0.15, 0.2) is 24.4 Å². The van der Waals surface area contributed by atoms with Crippen molar-refractivity contribution in [2.75, 3.05) is 38.6 Å². The fraction of sp³-hybridized carbons (Fsp3) is 0.533. The second kappa shape index (κ2) is 5.42. The lowest BCUT2D eigenvalue weighted by Crippen LogP contribution is -2.28. The molecule has 0 aliphatic carbocycles. The molecular formula is C15H22N4O. The lowest BCUT2D eigenvalue weighted by molar-refractivity contribution is 0.276. The first-order valence-electron chi connectivity index (χ1n) is 7.15. The first-order chi connectivity index (χ1) is 9.69. The number of hydrogen-bond donors (Lipinski definition) is 1. The van der Waals surface area contributed by atoms with Crippen molar-refractivity contribution < 1.29 is 5.11 Å². The van der Waals surface area contributed by atoms with Gasteiger partial charge in [-0.05, 0) is 38.1 Å². The van der Waals surface area contributed by atoms with Crippen molar-refractivity contribution in [3.63, 3.8) is 0 Å². The highest BCUT2D eigenvalue weighted by molar-refractivity contribution is 5.55. The van der Waals surface area contributed by atoms with Gasteiger partial charge in [-0.2, -0.15) is 0 Å². The van der Waals surface area contributed by atoms with E-state index in [4.69, 9.17) is 0 Å². The lowest BCUT2D eigenvalue weighted by atomic mass is 10.1. The van der Waals surface area contributed by atoms with E-state index in [9.17, 15) is 5.11 Å². The van der Waals surface area contributed by atoms with Crippen LogP contribution in [0, 0.1) is 5.92 Å². The van der Waals surface area contributed by atoms with Crippen molar-refractivity contribution >= 4 is 11.5 Å². The molecule has 3 rings (SSSR count). The first kappa shape index (κ1) is 13.4. The SMILES string of the molecule is CN1CCC(CN(C)c2nc3ccccn3c2CO)C1. The normalized spacial score (nSPS) is 19.9. The predicted octanol–water partition coefficient (Wildman–Crippen LogP) is 1.21. The van der Waals surface area contributed by atoms with Crippen LogP contribution in [-0.4, -0.2) is 53.1 Å². The minimum absolute atomic E-state index is 0.00935. The van der Waals surface area contributed by atoms with Gasteiger partial charge in [0, 0.05) is 26.3 Å². The van der Waals surface area contributed by atoms with Crippen LogP contribution in [0.25, 0.3) is 5.65 Å². The second-order valence-corrected chi connectivity index (χ2v) is 5.77. The van der Waals surface area contributed by atoms with Crippen molar-refractivity contribution in [1.82, 2.24) is 14.3 Å². The fourth-order valence-corrected chi connectivity index (χ4v) is 3.14. The topological polar surface area (TPSA) is 44.0 Å². The van der Waals surface area contributed by atoms with Crippen LogP contribution >= 0.6 is 0 Å². The van der Waals surface area contributed by atoms with E-state index in [2.05, 4.69) is 28.9 Å². The highest BCUT2D eigenvalue weighted by Gasteiger charge is 2.23. The molecule has 20 heavy (non-hydrogen) atoms. The van der Waals surface area contributed by atoms with Crippen LogP contribution in [0.1, 0.15) is 12.1 Å². The number of aliphatic hydroxyl groups is 1. The van der Waals surface area contributed by atoms with E-state index in [0.29, 0.717) is 5.92 Å². The smallest absolute Gasteiger partial charge is 0.153 e. The van der Waals surface area contributed by atoms with Crippen LogP contribution in [0.4, 0.5) is 5.82 Å². The number of anilines is 1. The molecule has 2 aromatic heterocycles. The molecule has 0 amide bonds. The monoisotopic (exact) mass is 274 g/mol. The molecule has 0 spiro atoms. The van der Waals surface area contributed by atoms with E-state index in [-0.39, 0.29) is 6.61 Å². The maximum absolute atomic E-state index is 9.66. The lowest BCUT2D eigenvalue weighted by Gasteiger charge is -2.22. The molecule has 2 aromatic rings. The summed E-state index contributed by atoms with van der Waals surface area (Å²) in [5.41, 5.74) is 1.76. The number of hydrogen-bond acceptors (Lipinski definition) is 4. The Kier molecular flexibility index (Phi) is 3.63. The molecule has 1 aliphatic heterocycles. The average molecular weight is 274 g/mol. The quantitative estimate of drug-likeness (QED) is 0.910. The van der Waals surface area contributed by atoms with E-state index >= 15 is 0 Å². The highest BCUT2D eigenvalue weighted by atomic mass is 16.3. The van der Waals surface area contributed by atoms with Gasteiger partial charge in [0.15, 0.2) is 5.82 Å². The molecule has 1 saturated heterocycles.